The molecule has 0 heterocycles. The Balaban J connectivity index is 1.92. The van der Waals surface area contributed by atoms with Gasteiger partial charge in [0.2, 0.25) is 0 Å². The zero-order valence-corrected chi connectivity index (χ0v) is 19.8. The molecule has 0 saturated carbocycles. The van der Waals surface area contributed by atoms with Crippen LogP contribution >= 0.6 is 0 Å². The predicted molar refractivity (Wildman–Crippen MR) is 129 cm³/mol. The van der Waals surface area contributed by atoms with Crippen LogP contribution in [0.15, 0.2) is 65.6 Å². The van der Waals surface area contributed by atoms with Crippen LogP contribution in [0, 0.1) is 0 Å². The van der Waals surface area contributed by atoms with Gasteiger partial charge in [-0.1, -0.05) is 24.3 Å². The highest BCUT2D eigenvalue weighted by Gasteiger charge is 2.23. The maximum Gasteiger partial charge on any atom is 0.328 e. The topological polar surface area (TPSA) is 114 Å². The van der Waals surface area contributed by atoms with Gasteiger partial charge in [-0.25, -0.2) is 13.2 Å². The number of sulfonamides is 1. The van der Waals surface area contributed by atoms with Crippen LogP contribution in [0.2, 0.25) is 0 Å². The molecule has 0 fully saturated rings. The summed E-state index contributed by atoms with van der Waals surface area (Å²) in [6, 6.07) is 15.5. The lowest BCUT2D eigenvalue weighted by molar-refractivity contribution is -0.140. The maximum absolute atomic E-state index is 12.9. The zero-order valence-electron chi connectivity index (χ0n) is 19.0. The van der Waals surface area contributed by atoms with Crippen molar-refractivity contribution in [1.29, 1.82) is 0 Å². The third-order valence-corrected chi connectivity index (χ3v) is 6.23. The molecule has 0 aromatic heterocycles. The fourth-order valence-electron chi connectivity index (χ4n) is 3.17. The minimum absolute atomic E-state index is 0.0288. The van der Waals surface area contributed by atoms with Gasteiger partial charge in [-0.05, 0) is 57.2 Å². The highest BCUT2D eigenvalue weighted by atomic mass is 32.2. The van der Waals surface area contributed by atoms with Crippen molar-refractivity contribution in [1.82, 2.24) is 0 Å². The summed E-state index contributed by atoms with van der Waals surface area (Å²) < 4.78 is 39.2. The summed E-state index contributed by atoms with van der Waals surface area (Å²) in [5, 5.41) is 13.9. The van der Waals surface area contributed by atoms with E-state index in [1.165, 1.54) is 19.2 Å². The quantitative estimate of drug-likeness (QED) is 0.425. The summed E-state index contributed by atoms with van der Waals surface area (Å²) in [6.07, 6.45) is 0. The van der Waals surface area contributed by atoms with Gasteiger partial charge in [0.05, 0.1) is 29.9 Å². The van der Waals surface area contributed by atoms with E-state index in [9.17, 15) is 18.3 Å². The number of carboxylic acids is 1. The molecule has 3 rings (SSSR count). The van der Waals surface area contributed by atoms with E-state index >= 15 is 0 Å². The van der Waals surface area contributed by atoms with Crippen LogP contribution in [0.1, 0.15) is 20.8 Å². The number of hydrogen-bond donors (Lipinski definition) is 3. The molecule has 3 N–H and O–H groups in total. The van der Waals surface area contributed by atoms with Crippen LogP contribution in [0.5, 0.6) is 5.75 Å². The Bertz CT molecular complexity index is 1230. The minimum Gasteiger partial charge on any atom is -0.497 e. The molecule has 0 aliphatic heterocycles. The van der Waals surface area contributed by atoms with Gasteiger partial charge in [-0.2, -0.15) is 0 Å². The van der Waals surface area contributed by atoms with Gasteiger partial charge in [0.15, 0.2) is 0 Å². The Kier molecular flexibility index (Phi) is 7.14. The second-order valence-corrected chi connectivity index (χ2v) is 10.1. The lowest BCUT2D eigenvalue weighted by Crippen LogP contribution is -2.37. The Hall–Kier alpha value is -3.30. The highest BCUT2D eigenvalue weighted by molar-refractivity contribution is 7.92. The van der Waals surface area contributed by atoms with Crippen LogP contribution in [0.3, 0.4) is 0 Å². The molecule has 9 heteroatoms. The van der Waals surface area contributed by atoms with Crippen LogP contribution in [0.4, 0.5) is 11.4 Å². The molecule has 1 atom stereocenters. The van der Waals surface area contributed by atoms with E-state index in [4.69, 9.17) is 9.47 Å². The largest absolute Gasteiger partial charge is 0.497 e. The van der Waals surface area contributed by atoms with E-state index in [0.717, 1.165) is 0 Å². The number of benzene rings is 3. The number of nitrogens with one attached hydrogen (secondary N) is 2. The average molecular weight is 473 g/mol. The third-order valence-electron chi connectivity index (χ3n) is 4.85. The van der Waals surface area contributed by atoms with E-state index in [0.29, 0.717) is 27.9 Å². The number of aliphatic carboxylic acids is 1. The summed E-state index contributed by atoms with van der Waals surface area (Å²) in [4.78, 5) is 11.9. The lowest BCUT2D eigenvalue weighted by atomic mass is 10.1. The number of rotatable bonds is 9. The molecular formula is C24H28N2O6S. The number of carboxylic acid groups (broad SMARTS) is 1. The molecule has 0 bridgehead atoms. The van der Waals surface area contributed by atoms with Crippen molar-refractivity contribution in [3.05, 3.63) is 60.7 Å². The van der Waals surface area contributed by atoms with Crippen LogP contribution < -0.4 is 14.8 Å². The molecule has 3 aromatic rings. The van der Waals surface area contributed by atoms with Gasteiger partial charge in [0, 0.05) is 16.5 Å². The number of ether oxygens (including phenoxy) is 2. The standard InChI is InChI=1S/C24H28N2O6S/c1-24(2,3)32-15-22(23(27)28)25-20-13-14-21(19-8-6-5-7-18(19)20)26-33(29,30)17-11-9-16(31-4)10-12-17/h5-14,22,25-26H,15H2,1-4H3,(H,27,28)/t22-/m0/s1. The fraction of sp³-hybridized carbons (Fsp3) is 0.292. The minimum atomic E-state index is -3.84. The number of anilines is 2. The van der Waals surface area contributed by atoms with Crippen molar-refractivity contribution >= 4 is 38.1 Å². The van der Waals surface area contributed by atoms with E-state index in [1.54, 1.807) is 48.5 Å². The molecule has 0 spiro atoms. The van der Waals surface area contributed by atoms with Crippen molar-refractivity contribution in [3.8, 4) is 5.75 Å². The molecule has 0 aliphatic carbocycles. The van der Waals surface area contributed by atoms with Gasteiger partial charge in [-0.15, -0.1) is 0 Å². The van der Waals surface area contributed by atoms with Crippen molar-refractivity contribution in [2.45, 2.75) is 37.3 Å². The second-order valence-electron chi connectivity index (χ2n) is 8.45. The van der Waals surface area contributed by atoms with E-state index in [1.807, 2.05) is 20.8 Å². The average Bonchev–Trinajstić information content (AvgIpc) is 2.77. The third kappa shape index (κ3) is 6.15. The SMILES string of the molecule is COc1ccc(S(=O)(=O)Nc2ccc(N[C@@H](COC(C)(C)C)C(=O)O)c3ccccc23)cc1. The van der Waals surface area contributed by atoms with Crippen LogP contribution in [-0.2, 0) is 19.6 Å². The maximum atomic E-state index is 12.9. The molecule has 33 heavy (non-hydrogen) atoms. The molecule has 0 amide bonds. The number of hydrogen-bond acceptors (Lipinski definition) is 6. The highest BCUT2D eigenvalue weighted by Crippen LogP contribution is 2.32. The number of methoxy groups -OCH3 is 1. The van der Waals surface area contributed by atoms with Gasteiger partial charge in [0.1, 0.15) is 11.8 Å². The Morgan fingerprint density at radius 1 is 0.970 bits per heavy atom. The van der Waals surface area contributed by atoms with E-state index in [-0.39, 0.29) is 11.5 Å². The van der Waals surface area contributed by atoms with Gasteiger partial charge in [-0.3, -0.25) is 4.72 Å². The van der Waals surface area contributed by atoms with E-state index in [2.05, 4.69) is 10.0 Å². The summed E-state index contributed by atoms with van der Waals surface area (Å²) >= 11 is 0. The normalized spacial score (nSPS) is 12.8. The first kappa shape index (κ1) is 24.3. The molecule has 0 radical (unpaired) electrons. The predicted octanol–water partition coefficient (Wildman–Crippen LogP) is 4.33. The molecule has 3 aromatic carbocycles. The molecule has 0 aliphatic rings. The molecule has 0 unspecified atom stereocenters. The van der Waals surface area contributed by atoms with Crippen molar-refractivity contribution < 1.29 is 27.8 Å². The van der Waals surface area contributed by atoms with Gasteiger partial charge < -0.3 is 19.9 Å². The Labute approximate surface area is 193 Å². The van der Waals surface area contributed by atoms with Crippen molar-refractivity contribution in [2.24, 2.45) is 0 Å². The Morgan fingerprint density at radius 2 is 1.55 bits per heavy atom. The van der Waals surface area contributed by atoms with Gasteiger partial charge in [0.25, 0.3) is 10.0 Å². The lowest BCUT2D eigenvalue weighted by Gasteiger charge is -2.24. The summed E-state index contributed by atoms with van der Waals surface area (Å²) in [7, 11) is -2.34. The summed E-state index contributed by atoms with van der Waals surface area (Å²) in [6.45, 7) is 5.53. The van der Waals surface area contributed by atoms with Gasteiger partial charge >= 0.3 is 5.97 Å². The molecule has 0 saturated heterocycles. The summed E-state index contributed by atoms with van der Waals surface area (Å²) in [5.74, 6) is -0.495. The monoisotopic (exact) mass is 472 g/mol. The summed E-state index contributed by atoms with van der Waals surface area (Å²) in [5.41, 5.74) is 0.453. The van der Waals surface area contributed by atoms with Crippen molar-refractivity contribution in [3.63, 3.8) is 0 Å². The first-order valence-corrected chi connectivity index (χ1v) is 11.8. The molecule has 176 valence electrons. The second kappa shape index (κ2) is 9.68. The first-order valence-electron chi connectivity index (χ1n) is 10.3. The van der Waals surface area contributed by atoms with Crippen molar-refractivity contribution in [2.75, 3.05) is 23.8 Å². The smallest absolute Gasteiger partial charge is 0.328 e. The molecule has 8 nitrogen and oxygen atoms in total. The van der Waals surface area contributed by atoms with E-state index < -0.39 is 27.6 Å². The number of fused-ring (bicyclic) bond motifs is 1. The first-order chi connectivity index (χ1) is 15.5. The Morgan fingerprint density at radius 3 is 2.09 bits per heavy atom. The van der Waals surface area contributed by atoms with Crippen LogP contribution in [0.25, 0.3) is 10.8 Å². The molecular weight excluding hydrogens is 444 g/mol. The van der Waals surface area contributed by atoms with Crippen LogP contribution in [-0.4, -0.2) is 44.9 Å². The fourth-order valence-corrected chi connectivity index (χ4v) is 4.25. The number of carbonyl (C=O) groups is 1. The zero-order chi connectivity index (χ0) is 24.2.